The third-order valence-corrected chi connectivity index (χ3v) is 5.47. The number of hydrogen-bond donors (Lipinski definition) is 1. The molecule has 0 amide bonds. The average Bonchev–Trinajstić information content (AvgIpc) is 3.11. The number of carbonyl (C=O) groups excluding carboxylic acids is 1. The third kappa shape index (κ3) is 2.49. The van der Waals surface area contributed by atoms with Gasteiger partial charge in [-0.05, 0) is 48.1 Å². The maximum Gasteiger partial charge on any atom is 0.119 e. The van der Waals surface area contributed by atoms with E-state index in [0.717, 1.165) is 29.0 Å². The van der Waals surface area contributed by atoms with E-state index in [1.807, 2.05) is 25.1 Å². The minimum Gasteiger partial charge on any atom is -0.545 e. The topological polar surface area (TPSA) is 61.4 Å². The summed E-state index contributed by atoms with van der Waals surface area (Å²) in [5.41, 5.74) is 4.23. The minimum atomic E-state index is -1.14. The Morgan fingerprint density at radius 2 is 2.12 bits per heavy atom. The number of methoxy groups -OCH3 is 1. The van der Waals surface area contributed by atoms with Crippen molar-refractivity contribution in [1.29, 1.82) is 0 Å². The van der Waals surface area contributed by atoms with Crippen molar-refractivity contribution in [1.82, 2.24) is 0 Å². The Morgan fingerprint density at radius 1 is 1.28 bits per heavy atom. The Hall–Kier alpha value is -2.75. The lowest BCUT2D eigenvalue weighted by molar-refractivity contribution is -0.255. The molecular weight excluding hydrogens is 314 g/mol. The van der Waals surface area contributed by atoms with Gasteiger partial charge in [-0.1, -0.05) is 36.4 Å². The summed E-state index contributed by atoms with van der Waals surface area (Å²) in [6.07, 6.45) is 5.47. The molecule has 1 N–H and O–H groups in total. The van der Waals surface area contributed by atoms with E-state index in [1.54, 1.807) is 13.2 Å². The first kappa shape index (κ1) is 15.8. The SMILES string of the molecule is COc1cccc(C2Nc3c(ccc(C(=O)[O-])c3C)C3C=CCC32)c1. The van der Waals surface area contributed by atoms with Crippen LogP contribution in [0.4, 0.5) is 5.69 Å². The van der Waals surface area contributed by atoms with Crippen LogP contribution in [-0.4, -0.2) is 13.1 Å². The Kier molecular flexibility index (Phi) is 3.75. The van der Waals surface area contributed by atoms with Crippen molar-refractivity contribution in [2.75, 3.05) is 12.4 Å². The molecule has 0 saturated heterocycles. The standard InChI is InChI=1S/C21H21NO3/c1-12-15(21(23)24)9-10-18-16-7-4-8-17(16)20(22-19(12)18)13-5-3-6-14(11-13)25-2/h3-7,9-11,16-17,20,22H,8H2,1-2H3,(H,23,24)/p-1. The number of carbonyl (C=O) groups is 1. The van der Waals surface area contributed by atoms with Crippen molar-refractivity contribution in [3.63, 3.8) is 0 Å². The van der Waals surface area contributed by atoms with Crippen LogP contribution in [-0.2, 0) is 0 Å². The van der Waals surface area contributed by atoms with Crippen LogP contribution in [0.15, 0.2) is 48.6 Å². The highest BCUT2D eigenvalue weighted by molar-refractivity contribution is 5.90. The van der Waals surface area contributed by atoms with Gasteiger partial charge in [-0.25, -0.2) is 0 Å². The van der Waals surface area contributed by atoms with E-state index in [1.165, 1.54) is 5.56 Å². The minimum absolute atomic E-state index is 0.110. The van der Waals surface area contributed by atoms with Crippen LogP contribution in [0.25, 0.3) is 0 Å². The summed E-state index contributed by atoms with van der Waals surface area (Å²) in [7, 11) is 1.67. The second-order valence-corrected chi connectivity index (χ2v) is 6.74. The molecule has 0 spiro atoms. The monoisotopic (exact) mass is 334 g/mol. The molecule has 25 heavy (non-hydrogen) atoms. The van der Waals surface area contributed by atoms with Gasteiger partial charge < -0.3 is 20.0 Å². The fourth-order valence-electron chi connectivity index (χ4n) is 4.20. The first-order chi connectivity index (χ1) is 12.1. The first-order valence-electron chi connectivity index (χ1n) is 8.52. The number of nitrogens with one attached hydrogen (secondary N) is 1. The van der Waals surface area contributed by atoms with Crippen LogP contribution in [0.1, 0.15) is 45.4 Å². The molecule has 128 valence electrons. The lowest BCUT2D eigenvalue weighted by Crippen LogP contribution is -2.31. The average molecular weight is 334 g/mol. The Labute approximate surface area is 147 Å². The second kappa shape index (κ2) is 5.96. The molecule has 3 unspecified atom stereocenters. The molecule has 0 fully saturated rings. The largest absolute Gasteiger partial charge is 0.545 e. The van der Waals surface area contributed by atoms with Gasteiger partial charge in [0.2, 0.25) is 0 Å². The second-order valence-electron chi connectivity index (χ2n) is 6.74. The van der Waals surface area contributed by atoms with Crippen LogP contribution in [0.2, 0.25) is 0 Å². The third-order valence-electron chi connectivity index (χ3n) is 5.47. The summed E-state index contributed by atoms with van der Waals surface area (Å²) in [4.78, 5) is 11.4. The van der Waals surface area contributed by atoms with Gasteiger partial charge in [0.15, 0.2) is 0 Å². The van der Waals surface area contributed by atoms with Crippen molar-refractivity contribution in [2.24, 2.45) is 5.92 Å². The van der Waals surface area contributed by atoms with Gasteiger partial charge in [-0.3, -0.25) is 0 Å². The van der Waals surface area contributed by atoms with Crippen LogP contribution < -0.4 is 15.2 Å². The quantitative estimate of drug-likeness (QED) is 0.876. The molecule has 4 nitrogen and oxygen atoms in total. The highest BCUT2D eigenvalue weighted by atomic mass is 16.5. The fraction of sp³-hybridized carbons (Fsp3) is 0.286. The number of fused-ring (bicyclic) bond motifs is 3. The van der Waals surface area contributed by atoms with Gasteiger partial charge in [0.05, 0.1) is 19.1 Å². The van der Waals surface area contributed by atoms with Crippen molar-refractivity contribution in [3.8, 4) is 5.75 Å². The Bertz CT molecular complexity index is 871. The Morgan fingerprint density at radius 3 is 2.88 bits per heavy atom. The summed E-state index contributed by atoms with van der Waals surface area (Å²) in [5, 5.41) is 15.0. The van der Waals surface area contributed by atoms with E-state index >= 15 is 0 Å². The summed E-state index contributed by atoms with van der Waals surface area (Å²) < 4.78 is 5.37. The molecule has 2 aromatic rings. The first-order valence-corrected chi connectivity index (χ1v) is 8.52. The van der Waals surface area contributed by atoms with Gasteiger partial charge >= 0.3 is 0 Å². The van der Waals surface area contributed by atoms with Crippen LogP contribution in [0.5, 0.6) is 5.75 Å². The van der Waals surface area contributed by atoms with Crippen molar-refractivity contribution in [3.05, 3.63) is 70.8 Å². The molecule has 0 radical (unpaired) electrons. The molecule has 3 atom stereocenters. The number of carboxylic acids is 1. The van der Waals surface area contributed by atoms with Crippen molar-refractivity contribution < 1.29 is 14.6 Å². The van der Waals surface area contributed by atoms with Gasteiger partial charge in [-0.15, -0.1) is 0 Å². The zero-order valence-electron chi connectivity index (χ0n) is 14.3. The van der Waals surface area contributed by atoms with Crippen LogP contribution in [0, 0.1) is 12.8 Å². The van der Waals surface area contributed by atoms with Gasteiger partial charge in [-0.2, -0.15) is 0 Å². The number of ether oxygens (including phenoxy) is 1. The van der Waals surface area contributed by atoms with E-state index in [0.29, 0.717) is 11.8 Å². The predicted octanol–water partition coefficient (Wildman–Crippen LogP) is 3.19. The van der Waals surface area contributed by atoms with E-state index in [4.69, 9.17) is 4.74 Å². The zero-order valence-corrected chi connectivity index (χ0v) is 14.3. The molecule has 2 aromatic carbocycles. The number of hydrogen-bond acceptors (Lipinski definition) is 4. The van der Waals surface area contributed by atoms with E-state index < -0.39 is 5.97 Å². The van der Waals surface area contributed by atoms with Gasteiger partial charge in [0.25, 0.3) is 0 Å². The molecule has 2 aliphatic rings. The van der Waals surface area contributed by atoms with Gasteiger partial charge in [0, 0.05) is 17.2 Å². The predicted molar refractivity (Wildman–Crippen MR) is 94.9 cm³/mol. The molecule has 1 aliphatic heterocycles. The molecule has 4 rings (SSSR count). The van der Waals surface area contributed by atoms with Crippen molar-refractivity contribution in [2.45, 2.75) is 25.3 Å². The lowest BCUT2D eigenvalue weighted by atomic mass is 9.76. The number of allylic oxidation sites excluding steroid dienone is 2. The summed E-state index contributed by atoms with van der Waals surface area (Å²) in [5.74, 6) is 0.395. The zero-order chi connectivity index (χ0) is 17.6. The van der Waals surface area contributed by atoms with Crippen LogP contribution >= 0.6 is 0 Å². The molecule has 4 heteroatoms. The fourth-order valence-corrected chi connectivity index (χ4v) is 4.20. The molecule has 0 bridgehead atoms. The molecule has 1 heterocycles. The maximum atomic E-state index is 11.4. The highest BCUT2D eigenvalue weighted by Crippen LogP contribution is 2.51. The summed E-state index contributed by atoms with van der Waals surface area (Å²) in [6, 6.07) is 11.8. The number of benzene rings is 2. The maximum absolute atomic E-state index is 11.4. The van der Waals surface area contributed by atoms with E-state index in [2.05, 4.69) is 29.6 Å². The highest BCUT2D eigenvalue weighted by Gasteiger charge is 2.38. The Balaban J connectivity index is 1.83. The van der Waals surface area contributed by atoms with Gasteiger partial charge in [0.1, 0.15) is 5.75 Å². The molecule has 0 saturated carbocycles. The van der Waals surface area contributed by atoms with Crippen molar-refractivity contribution >= 4 is 11.7 Å². The number of rotatable bonds is 3. The number of aromatic carboxylic acids is 1. The molecule has 1 aliphatic carbocycles. The number of anilines is 1. The normalized spacial score (nSPS) is 23.5. The van der Waals surface area contributed by atoms with E-state index in [9.17, 15) is 9.90 Å². The summed E-state index contributed by atoms with van der Waals surface area (Å²) in [6.45, 7) is 1.85. The lowest BCUT2D eigenvalue weighted by Gasteiger charge is -2.39. The molecular formula is C21H20NO3-. The molecule has 0 aromatic heterocycles. The van der Waals surface area contributed by atoms with Crippen LogP contribution in [0.3, 0.4) is 0 Å². The van der Waals surface area contributed by atoms with E-state index in [-0.39, 0.29) is 11.6 Å². The summed E-state index contributed by atoms with van der Waals surface area (Å²) >= 11 is 0. The smallest absolute Gasteiger partial charge is 0.119 e. The number of carboxylic acid groups (broad SMARTS) is 1.